The van der Waals surface area contributed by atoms with Gasteiger partial charge >= 0.3 is 0 Å². The molecule has 1 amide bonds. The molecule has 0 aromatic rings. The second kappa shape index (κ2) is 5.52. The lowest BCUT2D eigenvalue weighted by atomic mass is 10.4. The van der Waals surface area contributed by atoms with E-state index in [1.807, 2.05) is 11.8 Å². The molecule has 2 rings (SSSR count). The van der Waals surface area contributed by atoms with E-state index < -0.39 is 0 Å². The number of amides is 1. The lowest BCUT2D eigenvalue weighted by Crippen LogP contribution is -2.40. The van der Waals surface area contributed by atoms with Gasteiger partial charge in [-0.05, 0) is 0 Å². The molecule has 3 nitrogen and oxygen atoms in total. The fourth-order valence-corrected chi connectivity index (χ4v) is 3.76. The van der Waals surface area contributed by atoms with Crippen LogP contribution in [0.4, 0.5) is 0 Å². The Labute approximate surface area is 104 Å². The molecule has 2 aliphatic rings. The highest BCUT2D eigenvalue weighted by Gasteiger charge is 2.26. The first kappa shape index (κ1) is 11.7. The van der Waals surface area contributed by atoms with Crippen LogP contribution >= 0.6 is 35.7 Å². The Morgan fingerprint density at radius 3 is 2.60 bits per heavy atom. The van der Waals surface area contributed by atoms with Gasteiger partial charge in [0.05, 0.1) is 5.75 Å². The molecule has 2 saturated heterocycles. The van der Waals surface area contributed by atoms with Crippen molar-refractivity contribution in [2.45, 2.75) is 0 Å². The van der Waals surface area contributed by atoms with Crippen LogP contribution < -0.4 is 0 Å². The molecule has 15 heavy (non-hydrogen) atoms. The largest absolute Gasteiger partial charge is 0.300 e. The van der Waals surface area contributed by atoms with Crippen molar-refractivity contribution < 1.29 is 4.79 Å². The topological polar surface area (TPSA) is 23.6 Å². The van der Waals surface area contributed by atoms with Crippen molar-refractivity contribution in [2.24, 2.45) is 0 Å². The maximum absolute atomic E-state index is 11.5. The molecule has 2 heterocycles. The zero-order valence-electron chi connectivity index (χ0n) is 8.48. The Balaban J connectivity index is 1.76. The third kappa shape index (κ3) is 3.09. The van der Waals surface area contributed by atoms with Crippen LogP contribution in [-0.4, -0.2) is 63.5 Å². The highest BCUT2D eigenvalue weighted by Crippen LogP contribution is 2.19. The molecular weight excluding hydrogens is 248 g/mol. The molecule has 0 aromatic heterocycles. The summed E-state index contributed by atoms with van der Waals surface area (Å²) in [6.07, 6.45) is 0. The van der Waals surface area contributed by atoms with E-state index in [2.05, 4.69) is 4.90 Å². The molecule has 2 aliphatic heterocycles. The zero-order valence-corrected chi connectivity index (χ0v) is 10.9. The van der Waals surface area contributed by atoms with E-state index in [-0.39, 0.29) is 5.91 Å². The molecule has 0 aromatic carbocycles. The highest BCUT2D eigenvalue weighted by atomic mass is 32.2. The zero-order chi connectivity index (χ0) is 10.7. The van der Waals surface area contributed by atoms with Gasteiger partial charge in [0.2, 0.25) is 5.91 Å². The van der Waals surface area contributed by atoms with Crippen LogP contribution in [0.3, 0.4) is 0 Å². The number of carbonyl (C=O) groups is 1. The van der Waals surface area contributed by atoms with Gasteiger partial charge in [0, 0.05) is 37.7 Å². The molecule has 0 spiro atoms. The summed E-state index contributed by atoms with van der Waals surface area (Å²) in [4.78, 5) is 15.6. The number of nitrogens with zero attached hydrogens (tertiary/aromatic N) is 2. The van der Waals surface area contributed by atoms with Gasteiger partial charge in [0.25, 0.3) is 0 Å². The molecular formula is C9H14N2OS3. The minimum Gasteiger partial charge on any atom is -0.300 e. The Morgan fingerprint density at radius 1 is 1.27 bits per heavy atom. The minimum atomic E-state index is 0.177. The molecule has 6 heteroatoms. The number of thioether (sulfide) groups is 2. The Hall–Kier alpha value is 0.220. The maximum atomic E-state index is 11.5. The molecule has 2 fully saturated rings. The average Bonchev–Trinajstić information content (AvgIpc) is 2.58. The molecule has 0 unspecified atom stereocenters. The SMILES string of the molecule is O=C1CSC(=S)N1CCN1CCSCC1. The third-order valence-electron chi connectivity index (χ3n) is 2.58. The summed E-state index contributed by atoms with van der Waals surface area (Å²) in [6.45, 7) is 4.03. The van der Waals surface area contributed by atoms with Crippen LogP contribution in [0.5, 0.6) is 0 Å². The quantitative estimate of drug-likeness (QED) is 0.703. The summed E-state index contributed by atoms with van der Waals surface area (Å²) in [5.41, 5.74) is 0. The Kier molecular flexibility index (Phi) is 4.30. The van der Waals surface area contributed by atoms with Gasteiger partial charge in [-0.25, -0.2) is 0 Å². The number of rotatable bonds is 3. The van der Waals surface area contributed by atoms with Gasteiger partial charge in [-0.3, -0.25) is 14.6 Å². The fourth-order valence-electron chi connectivity index (χ4n) is 1.66. The predicted octanol–water partition coefficient (Wildman–Crippen LogP) is 0.896. The normalized spacial score (nSPS) is 23.9. The molecule has 84 valence electrons. The third-order valence-corrected chi connectivity index (χ3v) is 4.96. The van der Waals surface area contributed by atoms with Gasteiger partial charge in [0.15, 0.2) is 0 Å². The molecule has 0 bridgehead atoms. The lowest BCUT2D eigenvalue weighted by Gasteiger charge is -2.27. The fraction of sp³-hybridized carbons (Fsp3) is 0.778. The second-order valence-corrected chi connectivity index (χ2v) is 6.39. The molecule has 0 aliphatic carbocycles. The van der Waals surface area contributed by atoms with E-state index >= 15 is 0 Å². The standard InChI is InChI=1S/C9H14N2OS3/c12-8-7-15-9(13)11(8)2-1-10-3-5-14-6-4-10/h1-7H2. The maximum Gasteiger partial charge on any atom is 0.238 e. The Bertz CT molecular complexity index is 250. The number of thiocarbonyl (C=S) groups is 1. The van der Waals surface area contributed by atoms with Crippen molar-refractivity contribution in [1.29, 1.82) is 0 Å². The van der Waals surface area contributed by atoms with Crippen molar-refractivity contribution in [2.75, 3.05) is 43.4 Å². The van der Waals surface area contributed by atoms with E-state index in [0.717, 1.165) is 30.5 Å². The van der Waals surface area contributed by atoms with Gasteiger partial charge in [-0.2, -0.15) is 11.8 Å². The number of hydrogen-bond donors (Lipinski definition) is 0. The Morgan fingerprint density at radius 2 is 2.00 bits per heavy atom. The van der Waals surface area contributed by atoms with Crippen molar-refractivity contribution >= 4 is 46.0 Å². The van der Waals surface area contributed by atoms with Gasteiger partial charge in [0.1, 0.15) is 4.32 Å². The van der Waals surface area contributed by atoms with Gasteiger partial charge in [-0.1, -0.05) is 24.0 Å². The van der Waals surface area contributed by atoms with E-state index in [9.17, 15) is 4.79 Å². The summed E-state index contributed by atoms with van der Waals surface area (Å²) in [7, 11) is 0. The minimum absolute atomic E-state index is 0.177. The van der Waals surface area contributed by atoms with Crippen molar-refractivity contribution in [3.05, 3.63) is 0 Å². The highest BCUT2D eigenvalue weighted by molar-refractivity contribution is 8.23. The summed E-state index contributed by atoms with van der Waals surface area (Å²) in [6, 6.07) is 0. The van der Waals surface area contributed by atoms with Crippen LogP contribution in [-0.2, 0) is 4.79 Å². The van der Waals surface area contributed by atoms with Crippen LogP contribution in [0, 0.1) is 0 Å². The molecule has 0 radical (unpaired) electrons. The van der Waals surface area contributed by atoms with Crippen LogP contribution in [0.2, 0.25) is 0 Å². The molecule has 0 N–H and O–H groups in total. The monoisotopic (exact) mass is 262 g/mol. The van der Waals surface area contributed by atoms with Gasteiger partial charge < -0.3 is 0 Å². The second-order valence-electron chi connectivity index (χ2n) is 3.55. The lowest BCUT2D eigenvalue weighted by molar-refractivity contribution is -0.124. The van der Waals surface area contributed by atoms with Crippen LogP contribution in [0.25, 0.3) is 0 Å². The summed E-state index contributed by atoms with van der Waals surface area (Å²) < 4.78 is 0.756. The van der Waals surface area contributed by atoms with Crippen LogP contribution in [0.15, 0.2) is 0 Å². The molecule has 0 saturated carbocycles. The van der Waals surface area contributed by atoms with E-state index in [0.29, 0.717) is 5.75 Å². The van der Waals surface area contributed by atoms with Gasteiger partial charge in [-0.15, -0.1) is 0 Å². The molecule has 0 atom stereocenters. The van der Waals surface area contributed by atoms with Crippen molar-refractivity contribution in [1.82, 2.24) is 9.80 Å². The first-order valence-corrected chi connectivity index (χ1v) is 7.59. The first-order chi connectivity index (χ1) is 7.27. The van der Waals surface area contributed by atoms with E-state index in [4.69, 9.17) is 12.2 Å². The average molecular weight is 262 g/mol. The van der Waals surface area contributed by atoms with Crippen molar-refractivity contribution in [3.8, 4) is 0 Å². The smallest absolute Gasteiger partial charge is 0.238 e. The summed E-state index contributed by atoms with van der Waals surface area (Å²) in [5.74, 6) is 3.14. The van der Waals surface area contributed by atoms with Crippen LogP contribution in [0.1, 0.15) is 0 Å². The first-order valence-electron chi connectivity index (χ1n) is 5.04. The van der Waals surface area contributed by atoms with Crippen molar-refractivity contribution in [3.63, 3.8) is 0 Å². The van der Waals surface area contributed by atoms with E-state index in [1.165, 1.54) is 23.3 Å². The number of hydrogen-bond acceptors (Lipinski definition) is 5. The summed E-state index contributed by atoms with van der Waals surface area (Å²) in [5, 5.41) is 0. The van der Waals surface area contributed by atoms with E-state index in [1.54, 1.807) is 4.90 Å². The number of carbonyl (C=O) groups excluding carboxylic acids is 1. The summed E-state index contributed by atoms with van der Waals surface area (Å²) >= 11 is 8.62. The predicted molar refractivity (Wildman–Crippen MR) is 70.5 cm³/mol.